The van der Waals surface area contributed by atoms with Crippen LogP contribution >= 0.6 is 27.3 Å². The molecular formula is C10H13BrOS. The lowest BCUT2D eigenvalue weighted by Crippen LogP contribution is -1.94. The molecule has 0 aromatic carbocycles. The monoisotopic (exact) mass is 260 g/mol. The third-order valence-electron chi connectivity index (χ3n) is 1.76. The number of halogens is 1. The van der Waals surface area contributed by atoms with Crippen molar-refractivity contribution in [2.75, 3.05) is 0 Å². The van der Waals surface area contributed by atoms with Crippen LogP contribution in [0, 0.1) is 0 Å². The molecule has 0 aliphatic carbocycles. The number of rotatable bonds is 4. The molecule has 1 nitrogen and oxygen atoms in total. The van der Waals surface area contributed by atoms with E-state index in [0.29, 0.717) is 0 Å². The Morgan fingerprint density at radius 3 is 2.92 bits per heavy atom. The Bertz CT molecular complexity index is 293. The highest BCUT2D eigenvalue weighted by Gasteiger charge is 2.09. The van der Waals surface area contributed by atoms with E-state index in [1.54, 1.807) is 11.3 Å². The van der Waals surface area contributed by atoms with Gasteiger partial charge in [0.2, 0.25) is 0 Å². The van der Waals surface area contributed by atoms with Gasteiger partial charge >= 0.3 is 0 Å². The van der Waals surface area contributed by atoms with Crippen LogP contribution < -0.4 is 0 Å². The first-order valence-electron chi connectivity index (χ1n) is 4.16. The Morgan fingerprint density at radius 2 is 2.46 bits per heavy atom. The summed E-state index contributed by atoms with van der Waals surface area (Å²) in [6.45, 7) is 5.79. The zero-order valence-electron chi connectivity index (χ0n) is 7.59. The second-order valence-electron chi connectivity index (χ2n) is 3.18. The second-order valence-corrected chi connectivity index (χ2v) is 5.04. The van der Waals surface area contributed by atoms with E-state index < -0.39 is 0 Å². The van der Waals surface area contributed by atoms with Crippen molar-refractivity contribution >= 4 is 27.3 Å². The molecule has 0 saturated carbocycles. The molecule has 1 unspecified atom stereocenters. The van der Waals surface area contributed by atoms with E-state index in [0.717, 1.165) is 27.8 Å². The number of hydrogen-bond donors (Lipinski definition) is 1. The summed E-state index contributed by atoms with van der Waals surface area (Å²) in [5, 5.41) is 11.7. The first-order valence-corrected chi connectivity index (χ1v) is 5.83. The topological polar surface area (TPSA) is 20.2 Å². The van der Waals surface area contributed by atoms with Gasteiger partial charge in [0.25, 0.3) is 0 Å². The molecule has 3 heteroatoms. The van der Waals surface area contributed by atoms with Gasteiger partial charge in [-0.3, -0.25) is 0 Å². The summed E-state index contributed by atoms with van der Waals surface area (Å²) < 4.78 is 1.04. The molecule has 0 spiro atoms. The molecule has 0 aliphatic heterocycles. The van der Waals surface area contributed by atoms with Gasteiger partial charge in [-0.1, -0.05) is 5.57 Å². The molecule has 0 aliphatic rings. The van der Waals surface area contributed by atoms with Crippen molar-refractivity contribution in [3.05, 3.63) is 32.9 Å². The highest BCUT2D eigenvalue weighted by atomic mass is 79.9. The SMILES string of the molecule is C=C(C)CCC(O)c1cc(Br)cs1. The Kier molecular flexibility index (Phi) is 4.16. The van der Waals surface area contributed by atoms with Crippen LogP contribution in [0.3, 0.4) is 0 Å². The lowest BCUT2D eigenvalue weighted by Gasteiger charge is -2.07. The fourth-order valence-corrected chi connectivity index (χ4v) is 2.49. The molecule has 0 bridgehead atoms. The largest absolute Gasteiger partial charge is 0.388 e. The van der Waals surface area contributed by atoms with Gasteiger partial charge in [0.05, 0.1) is 6.10 Å². The smallest absolute Gasteiger partial charge is 0.0885 e. The van der Waals surface area contributed by atoms with Crippen molar-refractivity contribution in [1.29, 1.82) is 0 Å². The fourth-order valence-electron chi connectivity index (χ4n) is 1.03. The van der Waals surface area contributed by atoms with Crippen LogP contribution in [0.1, 0.15) is 30.7 Å². The summed E-state index contributed by atoms with van der Waals surface area (Å²) in [6, 6.07) is 1.97. The van der Waals surface area contributed by atoms with E-state index in [9.17, 15) is 5.11 Å². The van der Waals surface area contributed by atoms with Crippen LogP contribution in [0.5, 0.6) is 0 Å². The van der Waals surface area contributed by atoms with E-state index in [-0.39, 0.29) is 6.10 Å². The van der Waals surface area contributed by atoms with Gasteiger partial charge in [0, 0.05) is 14.7 Å². The lowest BCUT2D eigenvalue weighted by molar-refractivity contribution is 0.171. The molecule has 0 amide bonds. The summed E-state index contributed by atoms with van der Waals surface area (Å²) >= 11 is 4.94. The van der Waals surface area contributed by atoms with Crippen molar-refractivity contribution in [2.24, 2.45) is 0 Å². The Hall–Kier alpha value is -0.120. The summed E-state index contributed by atoms with van der Waals surface area (Å²) in [5.74, 6) is 0. The normalized spacial score (nSPS) is 12.8. The number of aliphatic hydroxyl groups is 1. The Labute approximate surface area is 91.2 Å². The molecule has 1 heterocycles. The molecule has 1 rings (SSSR count). The third kappa shape index (κ3) is 3.63. The average molecular weight is 261 g/mol. The fraction of sp³-hybridized carbons (Fsp3) is 0.400. The van der Waals surface area contributed by atoms with Crippen LogP contribution in [0.15, 0.2) is 28.1 Å². The van der Waals surface area contributed by atoms with Crippen LogP contribution in [0.4, 0.5) is 0 Å². The van der Waals surface area contributed by atoms with E-state index in [4.69, 9.17) is 0 Å². The van der Waals surface area contributed by atoms with Crippen molar-refractivity contribution in [2.45, 2.75) is 25.9 Å². The van der Waals surface area contributed by atoms with E-state index in [1.165, 1.54) is 0 Å². The molecule has 1 aromatic rings. The highest BCUT2D eigenvalue weighted by Crippen LogP contribution is 2.28. The number of thiophene rings is 1. The van der Waals surface area contributed by atoms with Crippen molar-refractivity contribution in [3.8, 4) is 0 Å². The van der Waals surface area contributed by atoms with Crippen molar-refractivity contribution < 1.29 is 5.11 Å². The first kappa shape index (κ1) is 11.0. The molecule has 72 valence electrons. The van der Waals surface area contributed by atoms with Crippen LogP contribution in [0.25, 0.3) is 0 Å². The van der Waals surface area contributed by atoms with E-state index in [1.807, 2.05) is 18.4 Å². The van der Waals surface area contributed by atoms with Crippen molar-refractivity contribution in [3.63, 3.8) is 0 Å². The standard InChI is InChI=1S/C10H13BrOS/c1-7(2)3-4-9(12)10-5-8(11)6-13-10/h5-6,9,12H,1,3-4H2,2H3. The Balaban J connectivity index is 2.48. The quantitative estimate of drug-likeness (QED) is 0.815. The van der Waals surface area contributed by atoms with E-state index >= 15 is 0 Å². The van der Waals surface area contributed by atoms with Crippen LogP contribution in [-0.2, 0) is 0 Å². The maximum atomic E-state index is 9.73. The zero-order chi connectivity index (χ0) is 9.84. The summed E-state index contributed by atoms with van der Waals surface area (Å²) in [5.41, 5.74) is 1.12. The first-order chi connectivity index (χ1) is 6.09. The van der Waals surface area contributed by atoms with Gasteiger partial charge in [-0.2, -0.15) is 0 Å². The van der Waals surface area contributed by atoms with Gasteiger partial charge in [-0.15, -0.1) is 17.9 Å². The minimum atomic E-state index is -0.340. The summed E-state index contributed by atoms with van der Waals surface area (Å²) in [4.78, 5) is 1.02. The molecule has 1 atom stereocenters. The minimum Gasteiger partial charge on any atom is -0.388 e. The molecule has 1 aromatic heterocycles. The zero-order valence-corrected chi connectivity index (χ0v) is 9.99. The van der Waals surface area contributed by atoms with Crippen LogP contribution in [0.2, 0.25) is 0 Å². The van der Waals surface area contributed by atoms with Gasteiger partial charge in [-0.05, 0) is 41.8 Å². The van der Waals surface area contributed by atoms with Gasteiger partial charge < -0.3 is 5.11 Å². The minimum absolute atomic E-state index is 0.340. The van der Waals surface area contributed by atoms with Gasteiger partial charge in [0.1, 0.15) is 0 Å². The lowest BCUT2D eigenvalue weighted by atomic mass is 10.1. The van der Waals surface area contributed by atoms with Crippen LogP contribution in [-0.4, -0.2) is 5.11 Å². The number of aliphatic hydroxyl groups excluding tert-OH is 1. The van der Waals surface area contributed by atoms with Gasteiger partial charge in [-0.25, -0.2) is 0 Å². The molecule has 0 fully saturated rings. The maximum absolute atomic E-state index is 9.73. The number of hydrogen-bond acceptors (Lipinski definition) is 2. The molecular weight excluding hydrogens is 248 g/mol. The summed E-state index contributed by atoms with van der Waals surface area (Å²) in [6.07, 6.45) is 1.31. The third-order valence-corrected chi connectivity index (χ3v) is 3.56. The molecule has 13 heavy (non-hydrogen) atoms. The molecule has 0 radical (unpaired) electrons. The molecule has 0 saturated heterocycles. The predicted molar refractivity (Wildman–Crippen MR) is 61.0 cm³/mol. The van der Waals surface area contributed by atoms with E-state index in [2.05, 4.69) is 22.5 Å². The predicted octanol–water partition coefficient (Wildman–Crippen LogP) is 3.90. The number of allylic oxidation sites excluding steroid dienone is 1. The average Bonchev–Trinajstić information content (AvgIpc) is 2.47. The molecule has 1 N–H and O–H groups in total. The maximum Gasteiger partial charge on any atom is 0.0885 e. The van der Waals surface area contributed by atoms with Crippen molar-refractivity contribution in [1.82, 2.24) is 0 Å². The summed E-state index contributed by atoms with van der Waals surface area (Å²) in [7, 11) is 0. The second kappa shape index (κ2) is 4.94. The van der Waals surface area contributed by atoms with Gasteiger partial charge in [0.15, 0.2) is 0 Å². The Morgan fingerprint density at radius 1 is 1.77 bits per heavy atom. The highest BCUT2D eigenvalue weighted by molar-refractivity contribution is 9.10.